The van der Waals surface area contributed by atoms with Crippen LogP contribution in [-0.2, 0) is 13.6 Å². The van der Waals surface area contributed by atoms with Gasteiger partial charge in [0, 0.05) is 13.6 Å². The first-order chi connectivity index (χ1) is 9.28. The first kappa shape index (κ1) is 13.4. The Balaban J connectivity index is 1.74. The number of hydrogen-bond donors (Lipinski definition) is 1. The van der Waals surface area contributed by atoms with E-state index in [9.17, 15) is 0 Å². The molecule has 1 N–H and O–H groups in total. The maximum atomic E-state index is 5.61. The highest BCUT2D eigenvalue weighted by Gasteiger charge is 2.00. The summed E-state index contributed by atoms with van der Waals surface area (Å²) in [5.41, 5.74) is 1.19. The molecule has 0 aliphatic heterocycles. The van der Waals surface area contributed by atoms with Crippen LogP contribution in [0.2, 0.25) is 0 Å². The fourth-order valence-corrected chi connectivity index (χ4v) is 1.63. The Kier molecular flexibility index (Phi) is 4.74. The number of rotatable bonds is 7. The van der Waals surface area contributed by atoms with Crippen molar-refractivity contribution in [2.45, 2.75) is 6.54 Å². The minimum Gasteiger partial charge on any atom is -0.490 e. The summed E-state index contributed by atoms with van der Waals surface area (Å²) in [7, 11) is 3.71. The van der Waals surface area contributed by atoms with Crippen molar-refractivity contribution in [1.82, 2.24) is 20.1 Å². The van der Waals surface area contributed by atoms with Gasteiger partial charge >= 0.3 is 6.01 Å². The minimum absolute atomic E-state index is 0.370. The van der Waals surface area contributed by atoms with E-state index in [-0.39, 0.29) is 0 Å². The van der Waals surface area contributed by atoms with Crippen LogP contribution in [0.15, 0.2) is 30.6 Å². The van der Waals surface area contributed by atoms with Crippen LogP contribution in [-0.4, -0.2) is 35.0 Å². The van der Waals surface area contributed by atoms with Gasteiger partial charge in [0.05, 0.1) is 0 Å². The standard InChI is InChI=1S/C13H18N4O2/c1-14-9-11-4-3-5-12(8-11)18-6-7-19-13-15-10-17(2)16-13/h3-5,8,10,14H,6-7,9H2,1-2H3. The van der Waals surface area contributed by atoms with Gasteiger partial charge in [0.25, 0.3) is 0 Å². The molecule has 19 heavy (non-hydrogen) atoms. The molecule has 0 radical (unpaired) electrons. The quantitative estimate of drug-likeness (QED) is 0.754. The molecule has 0 saturated heterocycles. The van der Waals surface area contributed by atoms with Gasteiger partial charge in [-0.1, -0.05) is 12.1 Å². The Morgan fingerprint density at radius 2 is 2.11 bits per heavy atom. The highest BCUT2D eigenvalue weighted by atomic mass is 16.5. The van der Waals surface area contributed by atoms with Crippen molar-refractivity contribution in [3.8, 4) is 11.8 Å². The summed E-state index contributed by atoms with van der Waals surface area (Å²) in [6.07, 6.45) is 1.59. The molecule has 1 aromatic carbocycles. The van der Waals surface area contributed by atoms with E-state index in [0.29, 0.717) is 19.2 Å². The lowest BCUT2D eigenvalue weighted by molar-refractivity contribution is 0.206. The third kappa shape index (κ3) is 4.26. The average molecular weight is 262 g/mol. The summed E-state index contributed by atoms with van der Waals surface area (Å²) in [6, 6.07) is 8.34. The van der Waals surface area contributed by atoms with Gasteiger partial charge in [-0.25, -0.2) is 0 Å². The molecule has 102 valence electrons. The zero-order chi connectivity index (χ0) is 13.5. The van der Waals surface area contributed by atoms with Gasteiger partial charge in [-0.3, -0.25) is 4.68 Å². The zero-order valence-electron chi connectivity index (χ0n) is 11.2. The predicted molar refractivity (Wildman–Crippen MR) is 71.2 cm³/mol. The fourth-order valence-electron chi connectivity index (χ4n) is 1.63. The molecule has 0 atom stereocenters. The monoisotopic (exact) mass is 262 g/mol. The van der Waals surface area contributed by atoms with E-state index in [1.165, 1.54) is 5.56 Å². The third-order valence-electron chi connectivity index (χ3n) is 2.44. The second-order valence-corrected chi connectivity index (χ2v) is 4.08. The minimum atomic E-state index is 0.370. The number of ether oxygens (including phenoxy) is 2. The van der Waals surface area contributed by atoms with Crippen molar-refractivity contribution in [3.63, 3.8) is 0 Å². The zero-order valence-corrected chi connectivity index (χ0v) is 11.2. The Morgan fingerprint density at radius 3 is 2.84 bits per heavy atom. The van der Waals surface area contributed by atoms with Crippen LogP contribution < -0.4 is 14.8 Å². The molecular formula is C13H18N4O2. The summed E-state index contributed by atoms with van der Waals surface area (Å²) >= 11 is 0. The lowest BCUT2D eigenvalue weighted by Gasteiger charge is -2.07. The van der Waals surface area contributed by atoms with Crippen molar-refractivity contribution in [1.29, 1.82) is 0 Å². The van der Waals surface area contributed by atoms with Gasteiger partial charge < -0.3 is 14.8 Å². The fraction of sp³-hybridized carbons (Fsp3) is 0.385. The van der Waals surface area contributed by atoms with Crippen LogP contribution in [0.25, 0.3) is 0 Å². The molecule has 0 saturated carbocycles. The first-order valence-electron chi connectivity index (χ1n) is 6.12. The second-order valence-electron chi connectivity index (χ2n) is 4.08. The molecule has 0 fully saturated rings. The van der Waals surface area contributed by atoms with Crippen LogP contribution in [0.5, 0.6) is 11.8 Å². The van der Waals surface area contributed by atoms with Gasteiger partial charge in [0.15, 0.2) is 0 Å². The first-order valence-corrected chi connectivity index (χ1v) is 6.12. The molecule has 2 rings (SSSR count). The Morgan fingerprint density at radius 1 is 1.26 bits per heavy atom. The largest absolute Gasteiger partial charge is 0.490 e. The number of nitrogens with zero attached hydrogens (tertiary/aromatic N) is 3. The average Bonchev–Trinajstić information content (AvgIpc) is 2.82. The molecule has 2 aromatic rings. The number of aromatic nitrogens is 3. The van der Waals surface area contributed by atoms with E-state index in [4.69, 9.17) is 9.47 Å². The van der Waals surface area contributed by atoms with Gasteiger partial charge in [-0.2, -0.15) is 4.98 Å². The molecular weight excluding hydrogens is 244 g/mol. The molecule has 0 spiro atoms. The van der Waals surface area contributed by atoms with Crippen LogP contribution in [0, 0.1) is 0 Å². The third-order valence-corrected chi connectivity index (χ3v) is 2.44. The van der Waals surface area contributed by atoms with E-state index in [2.05, 4.69) is 21.5 Å². The predicted octanol–water partition coefficient (Wildman–Crippen LogP) is 0.992. The summed E-state index contributed by atoms with van der Waals surface area (Å²) < 4.78 is 12.5. The molecule has 0 aliphatic rings. The molecule has 6 nitrogen and oxygen atoms in total. The highest BCUT2D eigenvalue weighted by molar-refractivity contribution is 5.28. The number of benzene rings is 1. The second kappa shape index (κ2) is 6.75. The molecule has 0 amide bonds. The van der Waals surface area contributed by atoms with Gasteiger partial charge in [-0.15, -0.1) is 5.10 Å². The van der Waals surface area contributed by atoms with Crippen LogP contribution >= 0.6 is 0 Å². The van der Waals surface area contributed by atoms with Crippen LogP contribution in [0.1, 0.15) is 5.56 Å². The Labute approximate surface area is 112 Å². The number of nitrogens with one attached hydrogen (secondary N) is 1. The van der Waals surface area contributed by atoms with E-state index in [1.54, 1.807) is 18.1 Å². The van der Waals surface area contributed by atoms with Gasteiger partial charge in [-0.05, 0) is 24.7 Å². The van der Waals surface area contributed by atoms with Gasteiger partial charge in [0.2, 0.25) is 0 Å². The van der Waals surface area contributed by atoms with Crippen molar-refractivity contribution in [3.05, 3.63) is 36.2 Å². The van der Waals surface area contributed by atoms with Crippen molar-refractivity contribution in [2.24, 2.45) is 7.05 Å². The van der Waals surface area contributed by atoms with Crippen LogP contribution in [0.3, 0.4) is 0 Å². The number of hydrogen-bond acceptors (Lipinski definition) is 5. The lowest BCUT2D eigenvalue weighted by atomic mass is 10.2. The SMILES string of the molecule is CNCc1cccc(OCCOc2ncn(C)n2)c1. The molecule has 0 unspecified atom stereocenters. The summed E-state index contributed by atoms with van der Waals surface area (Å²) in [5, 5.41) is 7.12. The molecule has 0 aliphatic carbocycles. The summed E-state index contributed by atoms with van der Waals surface area (Å²) in [6.45, 7) is 1.70. The van der Waals surface area contributed by atoms with Crippen molar-refractivity contribution in [2.75, 3.05) is 20.3 Å². The molecule has 1 heterocycles. The molecule has 1 aromatic heterocycles. The normalized spacial score (nSPS) is 10.4. The van der Waals surface area contributed by atoms with E-state index >= 15 is 0 Å². The topological polar surface area (TPSA) is 61.2 Å². The summed E-state index contributed by atoms with van der Waals surface area (Å²) in [5.74, 6) is 0.838. The van der Waals surface area contributed by atoms with E-state index in [1.807, 2.05) is 25.2 Å². The molecule has 6 heteroatoms. The van der Waals surface area contributed by atoms with E-state index < -0.39 is 0 Å². The maximum absolute atomic E-state index is 5.61. The highest BCUT2D eigenvalue weighted by Crippen LogP contribution is 2.13. The van der Waals surface area contributed by atoms with Crippen LogP contribution in [0.4, 0.5) is 0 Å². The lowest BCUT2D eigenvalue weighted by Crippen LogP contribution is -2.10. The van der Waals surface area contributed by atoms with Gasteiger partial charge in [0.1, 0.15) is 25.3 Å². The maximum Gasteiger partial charge on any atom is 0.335 e. The Hall–Kier alpha value is -2.08. The number of aryl methyl sites for hydroxylation is 1. The summed E-state index contributed by atoms with van der Waals surface area (Å²) in [4.78, 5) is 3.96. The van der Waals surface area contributed by atoms with Crippen molar-refractivity contribution < 1.29 is 9.47 Å². The molecule has 0 bridgehead atoms. The Bertz CT molecular complexity index is 513. The smallest absolute Gasteiger partial charge is 0.335 e. The van der Waals surface area contributed by atoms with E-state index in [0.717, 1.165) is 12.3 Å². The van der Waals surface area contributed by atoms with Crippen molar-refractivity contribution >= 4 is 0 Å².